The molecule has 0 spiro atoms. The second-order valence-corrected chi connectivity index (χ2v) is 10.00. The van der Waals surface area contributed by atoms with E-state index >= 15 is 0 Å². The summed E-state index contributed by atoms with van der Waals surface area (Å²) in [6, 6.07) is 7.88. The lowest BCUT2D eigenvalue weighted by Gasteiger charge is -2.33. The molecule has 0 radical (unpaired) electrons. The third-order valence-electron chi connectivity index (χ3n) is 7.77. The number of nitrogens with zero attached hydrogens (tertiary/aromatic N) is 2. The van der Waals surface area contributed by atoms with Crippen molar-refractivity contribution in [1.82, 2.24) is 4.90 Å². The van der Waals surface area contributed by atoms with Crippen LogP contribution in [0.2, 0.25) is 0 Å². The lowest BCUT2D eigenvalue weighted by Crippen LogP contribution is -2.45. The standard InChI is InChI=1S/C26H39N3O2/c1-31-23-14-8-13-22(17-23)19-29-24(30)26(28-25(29)27,18-21-11-6-3-7-12-21)16-15-20-9-4-2-5-10-20/h8,13-14,17,20-21H,2-7,9-12,15-16,18-19H2,1H3,(H2,27,28). The molecule has 3 aliphatic rings. The molecule has 2 N–H and O–H groups in total. The molecular formula is C26H39N3O2. The van der Waals surface area contributed by atoms with Crippen molar-refractivity contribution in [3.05, 3.63) is 29.8 Å². The van der Waals surface area contributed by atoms with Gasteiger partial charge in [0, 0.05) is 0 Å². The van der Waals surface area contributed by atoms with Crippen molar-refractivity contribution in [3.8, 4) is 5.75 Å². The molecule has 1 amide bonds. The van der Waals surface area contributed by atoms with E-state index in [9.17, 15) is 4.79 Å². The first-order chi connectivity index (χ1) is 15.1. The average molecular weight is 426 g/mol. The Morgan fingerprint density at radius 1 is 1.06 bits per heavy atom. The Morgan fingerprint density at radius 2 is 1.74 bits per heavy atom. The average Bonchev–Trinajstić information content (AvgIpc) is 3.03. The van der Waals surface area contributed by atoms with Gasteiger partial charge in [0.25, 0.3) is 5.91 Å². The van der Waals surface area contributed by atoms with E-state index in [1.54, 1.807) is 12.0 Å². The van der Waals surface area contributed by atoms with Gasteiger partial charge in [-0.2, -0.15) is 0 Å². The van der Waals surface area contributed by atoms with Crippen molar-refractivity contribution in [3.63, 3.8) is 0 Å². The Labute approximate surface area is 187 Å². The number of nitrogens with two attached hydrogens (primary N) is 1. The first kappa shape index (κ1) is 22.2. The van der Waals surface area contributed by atoms with Crippen molar-refractivity contribution in [2.45, 2.75) is 95.6 Å². The Kier molecular flexibility index (Phi) is 7.19. The molecule has 4 rings (SSSR count). The number of ether oxygens (including phenoxy) is 1. The maximum atomic E-state index is 13.8. The van der Waals surface area contributed by atoms with Crippen LogP contribution >= 0.6 is 0 Å². The van der Waals surface area contributed by atoms with Crippen molar-refractivity contribution in [2.24, 2.45) is 22.6 Å². The van der Waals surface area contributed by atoms with Crippen molar-refractivity contribution in [2.75, 3.05) is 7.11 Å². The van der Waals surface area contributed by atoms with Gasteiger partial charge in [0.05, 0.1) is 13.7 Å². The van der Waals surface area contributed by atoms with Gasteiger partial charge in [0.1, 0.15) is 11.3 Å². The summed E-state index contributed by atoms with van der Waals surface area (Å²) in [5.74, 6) is 2.65. The van der Waals surface area contributed by atoms with Crippen LogP contribution in [-0.2, 0) is 11.3 Å². The summed E-state index contributed by atoms with van der Waals surface area (Å²) in [4.78, 5) is 20.5. The van der Waals surface area contributed by atoms with Gasteiger partial charge in [0.2, 0.25) is 0 Å². The van der Waals surface area contributed by atoms with Gasteiger partial charge in [-0.05, 0) is 48.8 Å². The summed E-state index contributed by atoms with van der Waals surface area (Å²) >= 11 is 0. The highest BCUT2D eigenvalue weighted by molar-refractivity contribution is 6.06. The molecule has 170 valence electrons. The molecule has 0 saturated heterocycles. The summed E-state index contributed by atoms with van der Waals surface area (Å²) in [6.45, 7) is 0.460. The number of methoxy groups -OCH3 is 1. The third-order valence-corrected chi connectivity index (χ3v) is 7.77. The molecule has 1 atom stereocenters. The van der Waals surface area contributed by atoms with E-state index in [1.165, 1.54) is 64.2 Å². The zero-order valence-corrected chi connectivity index (χ0v) is 19.2. The third kappa shape index (κ3) is 5.24. The summed E-state index contributed by atoms with van der Waals surface area (Å²) < 4.78 is 5.36. The molecule has 0 bridgehead atoms. The summed E-state index contributed by atoms with van der Waals surface area (Å²) in [5, 5.41) is 0. The Bertz CT molecular complexity index is 781. The van der Waals surface area contributed by atoms with E-state index in [0.29, 0.717) is 18.4 Å². The number of amides is 1. The van der Waals surface area contributed by atoms with Crippen LogP contribution in [0.25, 0.3) is 0 Å². The number of guanidine groups is 1. The van der Waals surface area contributed by atoms with E-state index < -0.39 is 5.54 Å². The molecule has 31 heavy (non-hydrogen) atoms. The number of hydrogen-bond donors (Lipinski definition) is 1. The molecule has 5 nitrogen and oxygen atoms in total. The molecular weight excluding hydrogens is 386 g/mol. The molecule has 1 aliphatic heterocycles. The molecule has 1 aromatic rings. The molecule has 1 heterocycles. The van der Waals surface area contributed by atoms with Gasteiger partial charge in [-0.1, -0.05) is 76.3 Å². The summed E-state index contributed by atoms with van der Waals surface area (Å²) in [6.07, 6.45) is 15.8. The van der Waals surface area contributed by atoms with Crippen LogP contribution in [0.5, 0.6) is 5.75 Å². The molecule has 1 unspecified atom stereocenters. The first-order valence-electron chi connectivity index (χ1n) is 12.4. The van der Waals surface area contributed by atoms with Crippen LogP contribution in [0.3, 0.4) is 0 Å². The van der Waals surface area contributed by atoms with E-state index in [1.807, 2.05) is 24.3 Å². The van der Waals surface area contributed by atoms with Crippen molar-refractivity contribution < 1.29 is 9.53 Å². The fourth-order valence-electron chi connectivity index (χ4n) is 5.97. The second-order valence-electron chi connectivity index (χ2n) is 10.00. The number of carbonyl (C=O) groups is 1. The van der Waals surface area contributed by atoms with E-state index in [4.69, 9.17) is 15.5 Å². The number of carbonyl (C=O) groups excluding carboxylic acids is 1. The fourth-order valence-corrected chi connectivity index (χ4v) is 5.97. The highest BCUT2D eigenvalue weighted by Crippen LogP contribution is 2.41. The minimum Gasteiger partial charge on any atom is -0.497 e. The zero-order chi connectivity index (χ0) is 21.7. The highest BCUT2D eigenvalue weighted by Gasteiger charge is 2.48. The maximum Gasteiger partial charge on any atom is 0.257 e. The van der Waals surface area contributed by atoms with Crippen LogP contribution in [0, 0.1) is 11.8 Å². The quantitative estimate of drug-likeness (QED) is 0.604. The van der Waals surface area contributed by atoms with Gasteiger partial charge in [-0.25, -0.2) is 4.99 Å². The smallest absolute Gasteiger partial charge is 0.257 e. The van der Waals surface area contributed by atoms with Crippen LogP contribution < -0.4 is 10.5 Å². The van der Waals surface area contributed by atoms with Crippen LogP contribution in [0.4, 0.5) is 0 Å². The lowest BCUT2D eigenvalue weighted by atomic mass is 9.75. The van der Waals surface area contributed by atoms with Gasteiger partial charge >= 0.3 is 0 Å². The van der Waals surface area contributed by atoms with Crippen LogP contribution in [0.1, 0.15) is 89.0 Å². The summed E-state index contributed by atoms with van der Waals surface area (Å²) in [5.41, 5.74) is 6.77. The predicted octanol–water partition coefficient (Wildman–Crippen LogP) is 5.42. The molecule has 1 aromatic carbocycles. The minimum atomic E-state index is -0.650. The summed E-state index contributed by atoms with van der Waals surface area (Å²) in [7, 11) is 1.66. The van der Waals surface area contributed by atoms with Crippen LogP contribution in [-0.4, -0.2) is 29.4 Å². The van der Waals surface area contributed by atoms with Crippen molar-refractivity contribution >= 4 is 11.9 Å². The SMILES string of the molecule is COc1cccc(CN2C(=O)C(CCC3CCCCC3)(CC3CCCCC3)N=C2N)c1. The number of aliphatic imine (C=N–C) groups is 1. The fraction of sp³-hybridized carbons (Fsp3) is 0.692. The Morgan fingerprint density at radius 3 is 2.42 bits per heavy atom. The van der Waals surface area contributed by atoms with Gasteiger partial charge in [-0.3, -0.25) is 9.69 Å². The Hall–Kier alpha value is -2.04. The lowest BCUT2D eigenvalue weighted by molar-refractivity contribution is -0.132. The molecule has 2 fully saturated rings. The predicted molar refractivity (Wildman–Crippen MR) is 125 cm³/mol. The van der Waals surface area contributed by atoms with Crippen LogP contribution in [0.15, 0.2) is 29.3 Å². The maximum absolute atomic E-state index is 13.8. The van der Waals surface area contributed by atoms with Gasteiger partial charge in [0.15, 0.2) is 5.96 Å². The number of rotatable bonds is 8. The second kappa shape index (κ2) is 10.1. The van der Waals surface area contributed by atoms with Crippen molar-refractivity contribution in [1.29, 1.82) is 0 Å². The normalized spacial score (nSPS) is 25.6. The number of benzene rings is 1. The topological polar surface area (TPSA) is 67.9 Å². The molecule has 0 aromatic heterocycles. The molecule has 2 saturated carbocycles. The van der Waals surface area contributed by atoms with Gasteiger partial charge < -0.3 is 10.5 Å². The van der Waals surface area contributed by atoms with E-state index in [0.717, 1.165) is 36.5 Å². The first-order valence-corrected chi connectivity index (χ1v) is 12.4. The monoisotopic (exact) mass is 425 g/mol. The zero-order valence-electron chi connectivity index (χ0n) is 19.2. The Balaban J connectivity index is 1.51. The molecule has 2 aliphatic carbocycles. The molecule has 5 heteroatoms. The largest absolute Gasteiger partial charge is 0.497 e. The minimum absolute atomic E-state index is 0.120. The van der Waals surface area contributed by atoms with E-state index in [-0.39, 0.29) is 5.91 Å². The number of hydrogen-bond acceptors (Lipinski definition) is 4. The highest BCUT2D eigenvalue weighted by atomic mass is 16.5. The van der Waals surface area contributed by atoms with E-state index in [2.05, 4.69) is 0 Å². The van der Waals surface area contributed by atoms with Gasteiger partial charge in [-0.15, -0.1) is 0 Å².